The van der Waals surface area contributed by atoms with Gasteiger partial charge in [0.15, 0.2) is 5.75 Å². The molecule has 0 amide bonds. The standard InChI is InChI=1S/C8H7BrClNO3/c1-11-5(9)3-4(7(10)12)6(14-2)8(11)13/h3H,1-2H3. The summed E-state index contributed by atoms with van der Waals surface area (Å²) < 4.78 is 6.59. The fraction of sp³-hybridized carbons (Fsp3) is 0.250. The Morgan fingerprint density at radius 1 is 1.64 bits per heavy atom. The van der Waals surface area contributed by atoms with Gasteiger partial charge in [-0.15, -0.1) is 0 Å². The highest BCUT2D eigenvalue weighted by Crippen LogP contribution is 2.19. The summed E-state index contributed by atoms with van der Waals surface area (Å²) in [4.78, 5) is 22.5. The van der Waals surface area contributed by atoms with E-state index in [-0.39, 0.29) is 11.3 Å². The van der Waals surface area contributed by atoms with E-state index in [0.717, 1.165) is 0 Å². The van der Waals surface area contributed by atoms with E-state index in [2.05, 4.69) is 15.9 Å². The molecule has 0 spiro atoms. The Balaban J connectivity index is 3.60. The summed E-state index contributed by atoms with van der Waals surface area (Å²) >= 11 is 8.42. The molecule has 1 aromatic rings. The minimum Gasteiger partial charge on any atom is -0.491 e. The molecule has 1 rings (SSSR count). The molecule has 6 heteroatoms. The second-order valence-electron chi connectivity index (χ2n) is 2.55. The zero-order valence-corrected chi connectivity index (χ0v) is 9.85. The molecule has 0 unspecified atom stereocenters. The maximum atomic E-state index is 11.5. The largest absolute Gasteiger partial charge is 0.491 e. The molecule has 0 saturated heterocycles. The predicted octanol–water partition coefficient (Wildman–Crippen LogP) is 1.54. The third-order valence-electron chi connectivity index (χ3n) is 1.74. The highest BCUT2D eigenvalue weighted by atomic mass is 79.9. The van der Waals surface area contributed by atoms with Crippen LogP contribution in [0.4, 0.5) is 0 Å². The first-order valence-corrected chi connectivity index (χ1v) is 4.79. The van der Waals surface area contributed by atoms with Crippen molar-refractivity contribution in [2.45, 2.75) is 0 Å². The van der Waals surface area contributed by atoms with Gasteiger partial charge < -0.3 is 9.30 Å². The maximum Gasteiger partial charge on any atom is 0.294 e. The number of hydrogen-bond acceptors (Lipinski definition) is 3. The summed E-state index contributed by atoms with van der Waals surface area (Å²) in [6.07, 6.45) is 0. The number of pyridine rings is 1. The van der Waals surface area contributed by atoms with Gasteiger partial charge in [0.25, 0.3) is 10.8 Å². The molecule has 0 aromatic carbocycles. The number of halogens is 2. The van der Waals surface area contributed by atoms with Crippen LogP contribution in [0.15, 0.2) is 15.5 Å². The van der Waals surface area contributed by atoms with Crippen LogP contribution in [-0.2, 0) is 7.05 Å². The van der Waals surface area contributed by atoms with Crippen LogP contribution in [0.25, 0.3) is 0 Å². The van der Waals surface area contributed by atoms with Gasteiger partial charge in [-0.1, -0.05) is 0 Å². The van der Waals surface area contributed by atoms with Crippen LogP contribution in [0.5, 0.6) is 5.75 Å². The van der Waals surface area contributed by atoms with Gasteiger partial charge in [-0.3, -0.25) is 9.59 Å². The summed E-state index contributed by atoms with van der Waals surface area (Å²) in [6.45, 7) is 0. The minimum atomic E-state index is -0.722. The zero-order valence-electron chi connectivity index (χ0n) is 7.51. The Hall–Kier alpha value is -0.810. The van der Waals surface area contributed by atoms with Gasteiger partial charge >= 0.3 is 0 Å². The van der Waals surface area contributed by atoms with Crippen LogP contribution < -0.4 is 10.3 Å². The van der Waals surface area contributed by atoms with Crippen molar-refractivity contribution in [1.29, 1.82) is 0 Å². The van der Waals surface area contributed by atoms with Gasteiger partial charge in [-0.25, -0.2) is 0 Å². The molecule has 0 atom stereocenters. The van der Waals surface area contributed by atoms with Gasteiger partial charge in [-0.2, -0.15) is 0 Å². The molecule has 4 nitrogen and oxygen atoms in total. The Labute approximate surface area is 93.6 Å². The van der Waals surface area contributed by atoms with Gasteiger partial charge in [0.1, 0.15) is 0 Å². The Bertz CT molecular complexity index is 441. The van der Waals surface area contributed by atoms with Crippen LogP contribution >= 0.6 is 27.5 Å². The highest BCUT2D eigenvalue weighted by molar-refractivity contribution is 9.10. The topological polar surface area (TPSA) is 48.3 Å². The Morgan fingerprint density at radius 2 is 2.21 bits per heavy atom. The van der Waals surface area contributed by atoms with Crippen LogP contribution in [0.1, 0.15) is 10.4 Å². The van der Waals surface area contributed by atoms with E-state index in [1.54, 1.807) is 7.05 Å². The second-order valence-corrected chi connectivity index (χ2v) is 3.71. The van der Waals surface area contributed by atoms with Crippen molar-refractivity contribution in [1.82, 2.24) is 4.57 Å². The molecule has 0 aliphatic heterocycles. The van der Waals surface area contributed by atoms with Gasteiger partial charge in [-0.05, 0) is 33.6 Å². The fourth-order valence-corrected chi connectivity index (χ4v) is 1.52. The fourth-order valence-electron chi connectivity index (χ4n) is 0.989. The van der Waals surface area contributed by atoms with Crippen molar-refractivity contribution in [3.8, 4) is 5.75 Å². The van der Waals surface area contributed by atoms with Crippen LogP contribution in [0, 0.1) is 0 Å². The van der Waals surface area contributed by atoms with Crippen molar-refractivity contribution in [2.75, 3.05) is 7.11 Å². The minimum absolute atomic E-state index is 0.0456. The summed E-state index contributed by atoms with van der Waals surface area (Å²) in [5, 5.41) is -0.722. The lowest BCUT2D eigenvalue weighted by Crippen LogP contribution is -2.21. The number of carbonyl (C=O) groups is 1. The van der Waals surface area contributed by atoms with Crippen LogP contribution in [0.3, 0.4) is 0 Å². The lowest BCUT2D eigenvalue weighted by Gasteiger charge is -2.08. The summed E-state index contributed by atoms with van der Waals surface area (Å²) in [7, 11) is 2.87. The van der Waals surface area contributed by atoms with E-state index >= 15 is 0 Å². The van der Waals surface area contributed by atoms with E-state index in [9.17, 15) is 9.59 Å². The first kappa shape index (κ1) is 11.3. The first-order chi connectivity index (χ1) is 6.49. The van der Waals surface area contributed by atoms with Crippen molar-refractivity contribution in [3.63, 3.8) is 0 Å². The number of hydrogen-bond donors (Lipinski definition) is 0. The smallest absolute Gasteiger partial charge is 0.294 e. The maximum absolute atomic E-state index is 11.5. The number of nitrogens with zero attached hydrogens (tertiary/aromatic N) is 1. The summed E-state index contributed by atoms with van der Waals surface area (Å²) in [6, 6.07) is 1.44. The average molecular weight is 281 g/mol. The molecule has 0 bridgehead atoms. The van der Waals surface area contributed by atoms with Crippen LogP contribution in [-0.4, -0.2) is 16.9 Å². The molecule has 0 aliphatic carbocycles. The second kappa shape index (κ2) is 4.14. The highest BCUT2D eigenvalue weighted by Gasteiger charge is 2.16. The molecule has 1 heterocycles. The van der Waals surface area contributed by atoms with Gasteiger partial charge in [0.05, 0.1) is 17.3 Å². The molecular weight excluding hydrogens is 273 g/mol. The monoisotopic (exact) mass is 279 g/mol. The first-order valence-electron chi connectivity index (χ1n) is 3.62. The van der Waals surface area contributed by atoms with Gasteiger partial charge in [0, 0.05) is 7.05 Å². The molecule has 0 aliphatic rings. The third-order valence-corrected chi connectivity index (χ3v) is 2.71. The Morgan fingerprint density at radius 3 is 2.64 bits per heavy atom. The molecule has 14 heavy (non-hydrogen) atoms. The third kappa shape index (κ3) is 1.83. The van der Waals surface area contributed by atoms with Crippen molar-refractivity contribution >= 4 is 32.8 Å². The summed E-state index contributed by atoms with van der Waals surface area (Å²) in [5.41, 5.74) is -0.352. The quantitative estimate of drug-likeness (QED) is 0.610. The Kier molecular flexibility index (Phi) is 3.34. The number of aromatic nitrogens is 1. The van der Waals surface area contributed by atoms with Crippen LogP contribution in [0.2, 0.25) is 0 Å². The average Bonchev–Trinajstić information content (AvgIpc) is 2.13. The van der Waals surface area contributed by atoms with Crippen molar-refractivity contribution in [2.24, 2.45) is 7.05 Å². The van der Waals surface area contributed by atoms with Crippen molar-refractivity contribution in [3.05, 3.63) is 26.6 Å². The molecule has 0 radical (unpaired) electrons. The summed E-state index contributed by atoms with van der Waals surface area (Å²) in [5.74, 6) is -0.0456. The molecular formula is C8H7BrClNO3. The van der Waals surface area contributed by atoms with E-state index in [1.807, 2.05) is 0 Å². The normalized spacial score (nSPS) is 10.0. The SMILES string of the molecule is COc1c(C(=O)Cl)cc(Br)n(C)c1=O. The molecule has 76 valence electrons. The number of carbonyl (C=O) groups excluding carboxylic acids is 1. The predicted molar refractivity (Wildman–Crippen MR) is 56.1 cm³/mol. The van der Waals surface area contributed by atoms with Crippen molar-refractivity contribution < 1.29 is 9.53 Å². The lowest BCUT2D eigenvalue weighted by molar-refractivity contribution is 0.107. The van der Waals surface area contributed by atoms with E-state index < -0.39 is 10.8 Å². The van der Waals surface area contributed by atoms with E-state index in [4.69, 9.17) is 16.3 Å². The lowest BCUT2D eigenvalue weighted by atomic mass is 10.2. The molecule has 1 aromatic heterocycles. The van der Waals surface area contributed by atoms with E-state index in [0.29, 0.717) is 4.60 Å². The number of rotatable bonds is 2. The zero-order chi connectivity index (χ0) is 10.9. The number of methoxy groups -OCH3 is 1. The number of ether oxygens (including phenoxy) is 1. The molecule has 0 fully saturated rings. The van der Waals surface area contributed by atoms with Gasteiger partial charge in [0.2, 0.25) is 0 Å². The molecule has 0 N–H and O–H groups in total. The van der Waals surface area contributed by atoms with E-state index in [1.165, 1.54) is 17.7 Å². The molecule has 0 saturated carbocycles.